The van der Waals surface area contributed by atoms with Gasteiger partial charge in [0.15, 0.2) is 0 Å². The molecule has 0 aliphatic rings. The van der Waals surface area contributed by atoms with E-state index in [1.54, 1.807) is 0 Å². The molecule has 0 bridgehead atoms. The molecule has 0 atom stereocenters. The van der Waals surface area contributed by atoms with Crippen LogP contribution in [-0.2, 0) is 0 Å². The third-order valence-electron chi connectivity index (χ3n) is 13.7. The van der Waals surface area contributed by atoms with Crippen LogP contribution in [0.25, 0.3) is 65.3 Å². The van der Waals surface area contributed by atoms with Crippen molar-refractivity contribution < 1.29 is 0 Å². The fourth-order valence-corrected chi connectivity index (χ4v) is 12.5. The molecule has 0 aliphatic heterocycles. The lowest BCUT2D eigenvalue weighted by Gasteiger charge is -2.29. The van der Waals surface area contributed by atoms with E-state index in [1.807, 2.05) is 0 Å². The maximum Gasteiger partial charge on any atom is 0.0775 e. The number of hydrogen-bond acceptors (Lipinski definition) is 2. The molecule has 11 rings (SSSR count). The average molecular weight is 909 g/mol. The van der Waals surface area contributed by atoms with Crippen LogP contribution in [0.5, 0.6) is 0 Å². The molecule has 68 heavy (non-hydrogen) atoms. The van der Waals surface area contributed by atoms with Crippen molar-refractivity contribution in [2.45, 2.75) is 39.3 Å². The van der Waals surface area contributed by atoms with Crippen molar-refractivity contribution in [1.82, 2.24) is 0 Å². The molecule has 11 aromatic carbocycles. The van der Waals surface area contributed by atoms with Gasteiger partial charge in [-0.15, -0.1) is 0 Å². The summed E-state index contributed by atoms with van der Waals surface area (Å²) in [5.41, 5.74) is 11.6. The first kappa shape index (κ1) is 43.1. The molecule has 0 radical (unpaired) electrons. The number of hydrogen-bond donors (Lipinski definition) is 0. The van der Waals surface area contributed by atoms with E-state index >= 15 is 0 Å². The second kappa shape index (κ2) is 17.3. The first-order valence-electron chi connectivity index (χ1n) is 23.9. The molecule has 0 fully saturated rings. The number of nitrogens with zero attached hydrogens (tertiary/aromatic N) is 2. The average Bonchev–Trinajstić information content (AvgIpc) is 3.37. The molecule has 0 N–H and O–H groups in total. The summed E-state index contributed by atoms with van der Waals surface area (Å²) in [6.45, 7) is 14.5. The summed E-state index contributed by atoms with van der Waals surface area (Å²) in [6.07, 6.45) is 0. The van der Waals surface area contributed by atoms with Crippen molar-refractivity contribution in [3.63, 3.8) is 0 Å². The van der Waals surface area contributed by atoms with E-state index in [4.69, 9.17) is 0 Å². The Kier molecular flexibility index (Phi) is 11.0. The predicted molar refractivity (Wildman–Crippen MR) is 303 cm³/mol. The van der Waals surface area contributed by atoms with Crippen molar-refractivity contribution in [3.05, 3.63) is 231 Å². The van der Waals surface area contributed by atoms with E-state index in [0.717, 1.165) is 34.1 Å². The van der Waals surface area contributed by atoms with Crippen molar-refractivity contribution in [2.75, 3.05) is 9.80 Å². The summed E-state index contributed by atoms with van der Waals surface area (Å²) in [4.78, 5) is 4.90. The van der Waals surface area contributed by atoms with E-state index in [9.17, 15) is 0 Å². The summed E-state index contributed by atoms with van der Waals surface area (Å²) in [5.74, 6) is 0. The van der Waals surface area contributed by atoms with Crippen LogP contribution in [-0.4, -0.2) is 16.1 Å². The predicted octanol–water partition coefficient (Wildman–Crippen LogP) is 17.7. The molecule has 330 valence electrons. The first-order chi connectivity index (χ1) is 33.0. The topological polar surface area (TPSA) is 6.48 Å². The molecule has 0 aliphatic carbocycles. The number of fused-ring (bicyclic) bond motifs is 8. The quantitative estimate of drug-likeness (QED) is 0.0996. The Balaban J connectivity index is 1.09. The van der Waals surface area contributed by atoms with E-state index in [2.05, 4.69) is 280 Å². The van der Waals surface area contributed by atoms with Crippen LogP contribution in [0, 0.1) is 0 Å². The number of anilines is 6. The van der Waals surface area contributed by atoms with Gasteiger partial charge in [0.05, 0.1) is 27.5 Å². The molecular weight excluding hydrogens is 853 g/mol. The normalized spacial score (nSPS) is 12.0. The molecule has 0 spiro atoms. The highest BCUT2D eigenvalue weighted by atomic mass is 28.3. The van der Waals surface area contributed by atoms with Gasteiger partial charge in [0.2, 0.25) is 0 Å². The molecule has 0 saturated carbocycles. The Labute approximate surface area is 403 Å². The maximum absolute atomic E-state index is 2.46. The van der Waals surface area contributed by atoms with Crippen molar-refractivity contribution in [1.29, 1.82) is 0 Å². The zero-order valence-corrected chi connectivity index (χ0v) is 41.8. The Morgan fingerprint density at radius 2 is 0.662 bits per heavy atom. The van der Waals surface area contributed by atoms with E-state index in [-0.39, 0.29) is 0 Å². The number of rotatable bonds is 10. The van der Waals surface area contributed by atoms with Crippen LogP contribution in [0.1, 0.15) is 0 Å². The Morgan fingerprint density at radius 1 is 0.279 bits per heavy atom. The molecular formula is C64H56N2Si2. The zero-order chi connectivity index (χ0) is 46.6. The van der Waals surface area contributed by atoms with Gasteiger partial charge in [-0.3, -0.25) is 0 Å². The third kappa shape index (κ3) is 7.90. The lowest BCUT2D eigenvalue weighted by molar-refractivity contribution is 1.29. The molecule has 2 nitrogen and oxygen atoms in total. The van der Waals surface area contributed by atoms with Crippen LogP contribution in [0.4, 0.5) is 34.1 Å². The van der Waals surface area contributed by atoms with Gasteiger partial charge in [0, 0.05) is 33.9 Å². The van der Waals surface area contributed by atoms with Crippen LogP contribution in [0.15, 0.2) is 231 Å². The fraction of sp³-hybridized carbons (Fsp3) is 0.0938. The second-order valence-electron chi connectivity index (χ2n) is 20.2. The van der Waals surface area contributed by atoms with Crippen molar-refractivity contribution >= 4 is 104 Å². The van der Waals surface area contributed by atoms with Crippen LogP contribution in [0.2, 0.25) is 39.3 Å². The molecule has 0 amide bonds. The molecule has 0 heterocycles. The van der Waals surface area contributed by atoms with E-state index < -0.39 is 16.1 Å². The lowest BCUT2D eigenvalue weighted by Crippen LogP contribution is -2.37. The highest BCUT2D eigenvalue weighted by Gasteiger charge is 2.23. The summed E-state index contributed by atoms with van der Waals surface area (Å²) >= 11 is 0. The fourth-order valence-electron chi connectivity index (χ4n) is 10.2. The summed E-state index contributed by atoms with van der Waals surface area (Å²) < 4.78 is 0. The van der Waals surface area contributed by atoms with Crippen LogP contribution in [0.3, 0.4) is 0 Å². The highest BCUT2D eigenvalue weighted by molar-refractivity contribution is 6.89. The monoisotopic (exact) mass is 908 g/mol. The SMILES string of the molecule is C[Si](C)(C)c1ccc(N(c2ccc3c(ccc4c5ccc(N(c6ccc([Si](C)(C)C)cc6)c6ccccc6-c6ccccc6)cc5c5ccccc5c34)c2)c2ccccc2-c2ccccc2)cc1. The van der Waals surface area contributed by atoms with E-state index in [1.165, 1.54) is 75.7 Å². The standard InChI is InChI=1S/C64H56N2Si2/c1-67(2,3)52-36-30-48(31-37-52)65(62-27-17-15-23-54(62)45-19-9-7-10-20-45)50-34-41-56-47(43-50)29-40-60-58-42-35-51(44-61(58)57-25-13-14-26-59(57)64(56)60)66(49-32-38-53(39-33-49)68(4,5)6)63-28-18-16-24-55(63)46-21-11-8-12-22-46/h7-44H,1-6H3. The highest BCUT2D eigenvalue weighted by Crippen LogP contribution is 2.47. The molecule has 0 aromatic heterocycles. The number of benzene rings is 11. The maximum atomic E-state index is 2.46. The first-order valence-corrected chi connectivity index (χ1v) is 30.9. The third-order valence-corrected chi connectivity index (χ3v) is 17.9. The van der Waals surface area contributed by atoms with Gasteiger partial charge in [0.25, 0.3) is 0 Å². The molecule has 4 heteroatoms. The largest absolute Gasteiger partial charge is 0.310 e. The van der Waals surface area contributed by atoms with Gasteiger partial charge in [0.1, 0.15) is 0 Å². The smallest absolute Gasteiger partial charge is 0.0775 e. The second-order valence-corrected chi connectivity index (χ2v) is 30.4. The van der Waals surface area contributed by atoms with Crippen molar-refractivity contribution in [3.8, 4) is 22.3 Å². The lowest BCUT2D eigenvalue weighted by atomic mass is 9.90. The van der Waals surface area contributed by atoms with Crippen LogP contribution >= 0.6 is 0 Å². The minimum Gasteiger partial charge on any atom is -0.310 e. The molecule has 0 unspecified atom stereocenters. The van der Waals surface area contributed by atoms with Crippen molar-refractivity contribution in [2.24, 2.45) is 0 Å². The minimum atomic E-state index is -1.51. The summed E-state index contributed by atoms with van der Waals surface area (Å²) in [5, 5.41) is 12.9. The van der Waals surface area contributed by atoms with Gasteiger partial charge in [-0.1, -0.05) is 220 Å². The van der Waals surface area contributed by atoms with Gasteiger partial charge < -0.3 is 9.80 Å². The Hall–Kier alpha value is -7.51. The zero-order valence-electron chi connectivity index (χ0n) is 39.8. The van der Waals surface area contributed by atoms with E-state index in [0.29, 0.717) is 0 Å². The summed E-state index contributed by atoms with van der Waals surface area (Å²) in [7, 11) is -3.01. The minimum absolute atomic E-state index is 1.13. The summed E-state index contributed by atoms with van der Waals surface area (Å²) in [6, 6.07) is 85.8. The molecule has 0 saturated heterocycles. The van der Waals surface area contributed by atoms with Gasteiger partial charge in [-0.05, 0) is 115 Å². The Morgan fingerprint density at radius 3 is 1.18 bits per heavy atom. The van der Waals surface area contributed by atoms with Gasteiger partial charge in [-0.25, -0.2) is 0 Å². The van der Waals surface area contributed by atoms with Gasteiger partial charge in [-0.2, -0.15) is 0 Å². The molecule has 11 aromatic rings. The van der Waals surface area contributed by atoms with Crippen LogP contribution < -0.4 is 20.2 Å². The van der Waals surface area contributed by atoms with Gasteiger partial charge >= 0.3 is 0 Å². The Bertz CT molecular complexity index is 3600. The number of para-hydroxylation sites is 2.